The molecule has 0 aromatic rings. The van der Waals surface area contributed by atoms with Gasteiger partial charge in [0.05, 0.1) is 0 Å². The zero-order valence-corrected chi connectivity index (χ0v) is 4.42. The highest BCUT2D eigenvalue weighted by Crippen LogP contribution is 1.87. The molecule has 0 radical (unpaired) electrons. The van der Waals surface area contributed by atoms with E-state index in [9.17, 15) is 14.9 Å². The van der Waals surface area contributed by atoms with Gasteiger partial charge in [0.1, 0.15) is 0 Å². The predicted octanol–water partition coefficient (Wildman–Crippen LogP) is -0.429. The van der Waals surface area contributed by atoms with E-state index in [-0.39, 0.29) is 0 Å². The summed E-state index contributed by atoms with van der Waals surface area (Å²) in [5.74, 6) is 0. The van der Waals surface area contributed by atoms with Crippen molar-refractivity contribution in [2.45, 2.75) is 0 Å². The Morgan fingerprint density at radius 2 is 2.40 bits per heavy atom. The average molecular weight is 147 g/mol. The van der Waals surface area contributed by atoms with Crippen molar-refractivity contribution in [3.63, 3.8) is 0 Å². The first-order chi connectivity index (χ1) is 4.57. The van der Waals surface area contributed by atoms with Crippen LogP contribution in [0.25, 0.3) is 0 Å². The van der Waals surface area contributed by atoms with Crippen LogP contribution in [-0.2, 0) is 4.84 Å². The van der Waals surface area contributed by atoms with Crippen LogP contribution in [0.5, 0.6) is 0 Å². The molecule has 0 saturated heterocycles. The molecule has 10 heavy (non-hydrogen) atoms. The van der Waals surface area contributed by atoms with Crippen LogP contribution in [-0.4, -0.2) is 21.5 Å². The molecule has 0 rings (SSSR count). The fraction of sp³-hybridized carbons (Fsp3) is 0. The minimum Gasteiger partial charge on any atom is -0.448 e. The van der Waals surface area contributed by atoms with E-state index >= 15 is 0 Å². The van der Waals surface area contributed by atoms with E-state index in [0.717, 1.165) is 6.19 Å². The molecule has 0 aliphatic rings. The van der Waals surface area contributed by atoms with E-state index in [4.69, 9.17) is 10.4 Å². The van der Waals surface area contributed by atoms with Crippen LogP contribution >= 0.6 is 0 Å². The second-order valence-corrected chi connectivity index (χ2v) is 0.968. The summed E-state index contributed by atoms with van der Waals surface area (Å²) in [4.78, 5) is 22.5. The van der Waals surface area contributed by atoms with Gasteiger partial charge in [-0.05, 0) is 0 Å². The molecule has 0 unspecified atom stereocenters. The SMILES string of the molecule is N#CN(OC(=O)O)[N+](=O)[O-]. The van der Waals surface area contributed by atoms with Gasteiger partial charge in [-0.1, -0.05) is 0 Å². The van der Waals surface area contributed by atoms with E-state index in [0.29, 0.717) is 0 Å². The van der Waals surface area contributed by atoms with Gasteiger partial charge in [0.25, 0.3) is 6.19 Å². The zero-order chi connectivity index (χ0) is 8.15. The highest BCUT2D eigenvalue weighted by atomic mass is 16.9. The topological polar surface area (TPSA) is 117 Å². The van der Waals surface area contributed by atoms with Crippen LogP contribution in [0.4, 0.5) is 4.79 Å². The maximum atomic E-state index is 9.59. The molecule has 1 N–H and O–H groups in total. The number of carbonyl (C=O) groups is 1. The van der Waals surface area contributed by atoms with Crippen LogP contribution in [0.3, 0.4) is 0 Å². The minimum absolute atomic E-state index is 0.581. The number of carboxylic acid groups (broad SMARTS) is 1. The number of nitrogens with zero attached hydrogens (tertiary/aromatic N) is 3. The lowest BCUT2D eigenvalue weighted by Gasteiger charge is -1.97. The van der Waals surface area contributed by atoms with E-state index in [1.54, 1.807) is 0 Å². The molecule has 54 valence electrons. The summed E-state index contributed by atoms with van der Waals surface area (Å²) in [5.41, 5.74) is 0. The number of hydrogen-bond acceptors (Lipinski definition) is 5. The van der Waals surface area contributed by atoms with Crippen LogP contribution in [0.2, 0.25) is 0 Å². The normalized spacial score (nSPS) is 7.50. The first-order valence-electron chi connectivity index (χ1n) is 1.83. The Kier molecular flexibility index (Phi) is 2.45. The van der Waals surface area contributed by atoms with Gasteiger partial charge in [-0.3, -0.25) is 0 Å². The predicted molar refractivity (Wildman–Crippen MR) is 23.6 cm³/mol. The van der Waals surface area contributed by atoms with Crippen molar-refractivity contribution in [3.8, 4) is 6.19 Å². The van der Waals surface area contributed by atoms with Crippen LogP contribution in [0.1, 0.15) is 0 Å². The Morgan fingerprint density at radius 3 is 2.50 bits per heavy atom. The van der Waals surface area contributed by atoms with Gasteiger partial charge in [-0.25, -0.2) is 19.7 Å². The summed E-state index contributed by atoms with van der Waals surface area (Å²) in [5, 5.41) is 23.2. The second-order valence-electron chi connectivity index (χ2n) is 0.968. The Labute approximate surface area is 53.9 Å². The molecule has 0 amide bonds. The fourth-order valence-corrected chi connectivity index (χ4v) is 0.164. The summed E-state index contributed by atoms with van der Waals surface area (Å²) < 4.78 is 0. The smallest absolute Gasteiger partial charge is 0.448 e. The summed E-state index contributed by atoms with van der Waals surface area (Å²) in [6.45, 7) is 0. The molecule has 0 spiro atoms. The van der Waals surface area contributed by atoms with Crippen LogP contribution < -0.4 is 0 Å². The van der Waals surface area contributed by atoms with Gasteiger partial charge in [0, 0.05) is 0 Å². The van der Waals surface area contributed by atoms with Gasteiger partial charge in [-0.15, -0.1) is 0 Å². The Bertz CT molecular complexity index is 194. The van der Waals surface area contributed by atoms with Gasteiger partial charge >= 0.3 is 6.16 Å². The summed E-state index contributed by atoms with van der Waals surface area (Å²) >= 11 is 0. The third-order valence-electron chi connectivity index (χ3n) is 0.398. The highest BCUT2D eigenvalue weighted by molar-refractivity contribution is 5.56. The number of hydroxylamine groups is 1. The van der Waals surface area contributed by atoms with Gasteiger partial charge in [0.2, 0.25) is 5.03 Å². The number of hydrazine groups is 1. The molecule has 0 aromatic heterocycles. The van der Waals surface area contributed by atoms with Crippen molar-refractivity contribution >= 4 is 6.16 Å². The molecule has 0 atom stereocenters. The lowest BCUT2D eigenvalue weighted by Crippen LogP contribution is -2.27. The van der Waals surface area contributed by atoms with Gasteiger partial charge in [0.15, 0.2) is 5.17 Å². The zero-order valence-electron chi connectivity index (χ0n) is 4.42. The van der Waals surface area contributed by atoms with Crippen molar-refractivity contribution in [2.75, 3.05) is 0 Å². The number of nitriles is 1. The second kappa shape index (κ2) is 3.08. The first kappa shape index (κ1) is 7.96. The molecule has 0 aliphatic heterocycles. The molecular formula is C2HN3O5. The van der Waals surface area contributed by atoms with Crippen molar-refractivity contribution < 1.29 is 19.8 Å². The molecule has 0 fully saturated rings. The Morgan fingerprint density at radius 1 is 1.90 bits per heavy atom. The molecule has 8 nitrogen and oxygen atoms in total. The average Bonchev–Trinajstić information content (AvgIpc) is 1.81. The number of rotatable bonds is 2. The quantitative estimate of drug-likeness (QED) is 0.243. The monoisotopic (exact) mass is 147 g/mol. The van der Waals surface area contributed by atoms with Gasteiger partial charge < -0.3 is 5.11 Å². The molecule has 0 aliphatic carbocycles. The lowest BCUT2D eigenvalue weighted by atomic mass is 11.3. The first-order valence-corrected chi connectivity index (χ1v) is 1.83. The molecular weight excluding hydrogens is 146 g/mol. The Hall–Kier alpha value is -2.04. The summed E-state index contributed by atoms with van der Waals surface area (Å²) in [6, 6.07) is 0. The molecule has 0 aromatic carbocycles. The van der Waals surface area contributed by atoms with Crippen molar-refractivity contribution in [1.29, 1.82) is 5.26 Å². The fourth-order valence-electron chi connectivity index (χ4n) is 0.164. The lowest BCUT2D eigenvalue weighted by molar-refractivity contribution is -0.702. The van der Waals surface area contributed by atoms with E-state index in [1.807, 2.05) is 0 Å². The number of nitro groups is 1. The van der Waals surface area contributed by atoms with E-state index < -0.39 is 16.4 Å². The highest BCUT2D eigenvalue weighted by Gasteiger charge is 2.18. The Balaban J connectivity index is 4.00. The maximum absolute atomic E-state index is 9.59. The van der Waals surface area contributed by atoms with E-state index in [1.165, 1.54) is 0 Å². The standard InChI is InChI=1S/C2HN3O5/c3-1-4(5(8)9)10-2(6)7/h(H,6,7). The number of hydrogen-bond donors (Lipinski definition) is 1. The van der Waals surface area contributed by atoms with Crippen molar-refractivity contribution in [2.24, 2.45) is 0 Å². The van der Waals surface area contributed by atoms with Crippen molar-refractivity contribution in [3.05, 3.63) is 10.1 Å². The van der Waals surface area contributed by atoms with E-state index in [2.05, 4.69) is 4.84 Å². The summed E-state index contributed by atoms with van der Waals surface area (Å²) in [6.07, 6.45) is -1.05. The largest absolute Gasteiger partial charge is 0.535 e. The molecule has 0 bridgehead atoms. The molecule has 0 saturated carbocycles. The minimum atomic E-state index is -1.92. The van der Waals surface area contributed by atoms with Crippen molar-refractivity contribution in [1.82, 2.24) is 5.17 Å². The van der Waals surface area contributed by atoms with Crippen LogP contribution in [0, 0.1) is 21.6 Å². The molecule has 0 heterocycles. The van der Waals surface area contributed by atoms with Crippen LogP contribution in [0.15, 0.2) is 0 Å². The molecule has 8 heteroatoms. The maximum Gasteiger partial charge on any atom is 0.535 e. The third kappa shape index (κ3) is 2.31. The van der Waals surface area contributed by atoms with Gasteiger partial charge in [-0.2, -0.15) is 5.26 Å². The summed E-state index contributed by atoms with van der Waals surface area (Å²) in [7, 11) is 0. The third-order valence-corrected chi connectivity index (χ3v) is 0.398.